The monoisotopic (exact) mass is 379 g/mol. The smallest absolute Gasteiger partial charge is 0.276 e. The molecule has 0 aliphatic carbocycles. The lowest BCUT2D eigenvalue weighted by molar-refractivity contribution is -0.384. The Balaban J connectivity index is 1.80. The molecule has 1 heterocycles. The first-order chi connectivity index (χ1) is 13.5. The summed E-state index contributed by atoms with van der Waals surface area (Å²) < 4.78 is 1.45. The van der Waals surface area contributed by atoms with Gasteiger partial charge in [-0.25, -0.2) is 4.68 Å². The van der Waals surface area contributed by atoms with Crippen LogP contribution in [0.2, 0.25) is 0 Å². The third-order valence-corrected chi connectivity index (χ3v) is 4.56. The maximum atomic E-state index is 12.9. The standard InChI is InChI=1S/C20H21N5O3/c1-3-23(13-12-16-8-5-4-6-9-16)20(26)19-15(2)24(22-21-19)17-10-7-11-18(14-17)25(27)28/h4-11,14H,3,12-13H2,1-2H3. The molecule has 3 rings (SSSR count). The molecular weight excluding hydrogens is 358 g/mol. The number of hydrogen-bond acceptors (Lipinski definition) is 5. The van der Waals surface area contributed by atoms with E-state index in [0.717, 1.165) is 12.0 Å². The number of likely N-dealkylation sites (N-methyl/N-ethyl adjacent to an activating group) is 1. The van der Waals surface area contributed by atoms with Gasteiger partial charge in [-0.15, -0.1) is 5.10 Å². The minimum Gasteiger partial charge on any atom is -0.337 e. The molecule has 0 aliphatic rings. The van der Waals surface area contributed by atoms with Crippen molar-refractivity contribution in [2.75, 3.05) is 13.1 Å². The van der Waals surface area contributed by atoms with E-state index >= 15 is 0 Å². The molecule has 2 aromatic carbocycles. The molecule has 0 spiro atoms. The molecule has 3 aromatic rings. The van der Waals surface area contributed by atoms with Crippen LogP contribution in [0.5, 0.6) is 0 Å². The van der Waals surface area contributed by atoms with Gasteiger partial charge < -0.3 is 4.90 Å². The van der Waals surface area contributed by atoms with Crippen LogP contribution in [0.3, 0.4) is 0 Å². The zero-order chi connectivity index (χ0) is 20.1. The summed E-state index contributed by atoms with van der Waals surface area (Å²) in [6.45, 7) is 4.78. The van der Waals surface area contributed by atoms with Crippen molar-refractivity contribution >= 4 is 11.6 Å². The van der Waals surface area contributed by atoms with Gasteiger partial charge in [0.2, 0.25) is 0 Å². The number of carbonyl (C=O) groups is 1. The average Bonchev–Trinajstić information content (AvgIpc) is 3.10. The molecule has 8 heteroatoms. The van der Waals surface area contributed by atoms with Crippen molar-refractivity contribution in [3.63, 3.8) is 0 Å². The molecule has 0 fully saturated rings. The lowest BCUT2D eigenvalue weighted by Crippen LogP contribution is -2.33. The summed E-state index contributed by atoms with van der Waals surface area (Å²) >= 11 is 0. The Morgan fingerprint density at radius 2 is 1.93 bits per heavy atom. The Kier molecular flexibility index (Phi) is 5.78. The van der Waals surface area contributed by atoms with E-state index in [1.165, 1.54) is 16.8 Å². The summed E-state index contributed by atoms with van der Waals surface area (Å²) in [6, 6.07) is 16.0. The first-order valence-corrected chi connectivity index (χ1v) is 9.01. The van der Waals surface area contributed by atoms with Crippen LogP contribution in [0.25, 0.3) is 5.69 Å². The molecule has 0 unspecified atom stereocenters. The highest BCUT2D eigenvalue weighted by Gasteiger charge is 2.22. The lowest BCUT2D eigenvalue weighted by atomic mass is 10.1. The van der Waals surface area contributed by atoms with Gasteiger partial charge in [0.25, 0.3) is 11.6 Å². The minimum absolute atomic E-state index is 0.0432. The average molecular weight is 379 g/mol. The van der Waals surface area contributed by atoms with Crippen molar-refractivity contribution in [2.45, 2.75) is 20.3 Å². The molecule has 0 saturated carbocycles. The summed E-state index contributed by atoms with van der Waals surface area (Å²) in [5, 5.41) is 19.1. The Hall–Kier alpha value is -3.55. The second kappa shape index (κ2) is 8.43. The number of amides is 1. The van der Waals surface area contributed by atoms with Gasteiger partial charge in [0.05, 0.1) is 16.3 Å². The second-order valence-electron chi connectivity index (χ2n) is 6.33. The molecule has 0 N–H and O–H groups in total. The lowest BCUT2D eigenvalue weighted by Gasteiger charge is -2.20. The SMILES string of the molecule is CCN(CCc1ccccc1)C(=O)c1nnn(-c2cccc([N+](=O)[O-])c2)c1C. The summed E-state index contributed by atoms with van der Waals surface area (Å²) in [4.78, 5) is 25.2. The largest absolute Gasteiger partial charge is 0.337 e. The van der Waals surface area contributed by atoms with Crippen molar-refractivity contribution in [3.8, 4) is 5.69 Å². The predicted octanol–water partition coefficient (Wildman–Crippen LogP) is 3.19. The molecule has 1 aromatic heterocycles. The third-order valence-electron chi connectivity index (χ3n) is 4.56. The first-order valence-electron chi connectivity index (χ1n) is 9.01. The van der Waals surface area contributed by atoms with E-state index in [1.54, 1.807) is 24.0 Å². The van der Waals surface area contributed by atoms with E-state index in [1.807, 2.05) is 37.3 Å². The first kappa shape index (κ1) is 19.2. The maximum Gasteiger partial charge on any atom is 0.276 e. The zero-order valence-electron chi connectivity index (χ0n) is 15.8. The number of nitrogens with zero attached hydrogens (tertiary/aromatic N) is 5. The summed E-state index contributed by atoms with van der Waals surface area (Å²) in [6.07, 6.45) is 0.748. The number of carbonyl (C=O) groups excluding carboxylic acids is 1. The van der Waals surface area contributed by atoms with Gasteiger partial charge in [0.15, 0.2) is 5.69 Å². The van der Waals surface area contributed by atoms with Crippen LogP contribution < -0.4 is 0 Å². The summed E-state index contributed by atoms with van der Waals surface area (Å²) in [5.74, 6) is -0.201. The van der Waals surface area contributed by atoms with Gasteiger partial charge in [0, 0.05) is 25.2 Å². The molecule has 144 valence electrons. The summed E-state index contributed by atoms with van der Waals surface area (Å²) in [7, 11) is 0. The van der Waals surface area contributed by atoms with Crippen molar-refractivity contribution in [3.05, 3.63) is 81.7 Å². The van der Waals surface area contributed by atoms with Crippen molar-refractivity contribution in [2.24, 2.45) is 0 Å². The Morgan fingerprint density at radius 1 is 1.18 bits per heavy atom. The number of nitro benzene ring substituents is 1. The van der Waals surface area contributed by atoms with Crippen LogP contribution in [0.4, 0.5) is 5.69 Å². The van der Waals surface area contributed by atoms with Crippen molar-refractivity contribution < 1.29 is 9.72 Å². The summed E-state index contributed by atoms with van der Waals surface area (Å²) in [5.41, 5.74) is 2.40. The number of nitro groups is 1. The molecule has 0 bridgehead atoms. The van der Waals surface area contributed by atoms with E-state index in [-0.39, 0.29) is 17.3 Å². The topological polar surface area (TPSA) is 94.2 Å². The van der Waals surface area contributed by atoms with Gasteiger partial charge in [-0.05, 0) is 31.9 Å². The Bertz CT molecular complexity index is 985. The number of rotatable bonds is 7. The van der Waals surface area contributed by atoms with Crippen LogP contribution in [0, 0.1) is 17.0 Å². The highest BCUT2D eigenvalue weighted by molar-refractivity contribution is 5.93. The van der Waals surface area contributed by atoms with Gasteiger partial charge in [-0.3, -0.25) is 14.9 Å². The van der Waals surface area contributed by atoms with Gasteiger partial charge in [-0.2, -0.15) is 0 Å². The van der Waals surface area contributed by atoms with Crippen LogP contribution in [0.1, 0.15) is 28.7 Å². The second-order valence-corrected chi connectivity index (χ2v) is 6.33. The molecule has 8 nitrogen and oxygen atoms in total. The molecule has 0 aliphatic heterocycles. The zero-order valence-corrected chi connectivity index (χ0v) is 15.8. The van der Waals surface area contributed by atoms with Crippen LogP contribution >= 0.6 is 0 Å². The van der Waals surface area contributed by atoms with Gasteiger partial charge in [-0.1, -0.05) is 41.6 Å². The fraction of sp³-hybridized carbons (Fsp3) is 0.250. The molecular formula is C20H21N5O3. The van der Waals surface area contributed by atoms with E-state index in [2.05, 4.69) is 10.3 Å². The van der Waals surface area contributed by atoms with Gasteiger partial charge >= 0.3 is 0 Å². The van der Waals surface area contributed by atoms with Crippen LogP contribution in [0.15, 0.2) is 54.6 Å². The van der Waals surface area contributed by atoms with E-state index in [4.69, 9.17) is 0 Å². The fourth-order valence-electron chi connectivity index (χ4n) is 2.97. The van der Waals surface area contributed by atoms with Crippen molar-refractivity contribution in [1.29, 1.82) is 0 Å². The van der Waals surface area contributed by atoms with E-state index in [0.29, 0.717) is 24.5 Å². The van der Waals surface area contributed by atoms with Gasteiger partial charge in [0.1, 0.15) is 0 Å². The molecule has 0 atom stereocenters. The number of aromatic nitrogens is 3. The number of hydrogen-bond donors (Lipinski definition) is 0. The van der Waals surface area contributed by atoms with Crippen molar-refractivity contribution in [1.82, 2.24) is 19.9 Å². The maximum absolute atomic E-state index is 12.9. The third kappa shape index (κ3) is 4.06. The predicted molar refractivity (Wildman–Crippen MR) is 104 cm³/mol. The minimum atomic E-state index is -0.468. The highest BCUT2D eigenvalue weighted by atomic mass is 16.6. The van der Waals surface area contributed by atoms with E-state index in [9.17, 15) is 14.9 Å². The fourth-order valence-corrected chi connectivity index (χ4v) is 2.97. The van der Waals surface area contributed by atoms with E-state index < -0.39 is 4.92 Å². The molecule has 0 radical (unpaired) electrons. The normalized spacial score (nSPS) is 10.6. The highest BCUT2D eigenvalue weighted by Crippen LogP contribution is 2.19. The van der Waals surface area contributed by atoms with Crippen LogP contribution in [-0.2, 0) is 6.42 Å². The Morgan fingerprint density at radius 3 is 2.61 bits per heavy atom. The number of benzene rings is 2. The molecule has 1 amide bonds. The molecule has 28 heavy (non-hydrogen) atoms. The molecule has 0 saturated heterocycles. The van der Waals surface area contributed by atoms with Crippen LogP contribution in [-0.4, -0.2) is 43.8 Å². The number of non-ortho nitro benzene ring substituents is 1. The Labute approximate surface area is 162 Å². The quantitative estimate of drug-likeness (QED) is 0.464.